The summed E-state index contributed by atoms with van der Waals surface area (Å²) in [6.45, 7) is 4.37. The molecule has 0 aliphatic rings. The Balaban J connectivity index is 2.31. The summed E-state index contributed by atoms with van der Waals surface area (Å²) in [4.78, 5) is 23.1. The molecule has 0 atom stereocenters. The number of rotatable bonds is 8. The molecule has 0 unspecified atom stereocenters. The molecule has 2 aromatic carbocycles. The number of benzene rings is 2. The van der Waals surface area contributed by atoms with Crippen LogP contribution in [0.15, 0.2) is 48.5 Å². The third-order valence-corrected chi connectivity index (χ3v) is 5.91. The maximum absolute atomic E-state index is 11.5. The highest BCUT2D eigenvalue weighted by molar-refractivity contribution is 9.09. The molecule has 4 nitrogen and oxygen atoms in total. The highest BCUT2D eigenvalue weighted by Gasteiger charge is 2.30. The molecule has 0 bridgehead atoms. The number of hydrogen-bond acceptors (Lipinski definition) is 2. The van der Waals surface area contributed by atoms with E-state index in [1.165, 1.54) is 11.1 Å². The smallest absolute Gasteiger partial charge is 0.235 e. The van der Waals surface area contributed by atoms with Crippen LogP contribution < -0.4 is 10.6 Å². The first-order chi connectivity index (χ1) is 13.0. The SMILES string of the molecule is CCC(CC)(c1ccc(NC(=O)CBr)cc1)c1ccc(NC(=O)CBr)cc1. The van der Waals surface area contributed by atoms with E-state index in [9.17, 15) is 9.59 Å². The number of amides is 2. The maximum Gasteiger partial charge on any atom is 0.235 e. The van der Waals surface area contributed by atoms with Crippen LogP contribution in [-0.4, -0.2) is 22.5 Å². The first-order valence-electron chi connectivity index (χ1n) is 8.91. The lowest BCUT2D eigenvalue weighted by molar-refractivity contribution is -0.114. The molecule has 2 rings (SSSR count). The summed E-state index contributed by atoms with van der Waals surface area (Å²) in [7, 11) is 0. The molecule has 144 valence electrons. The quantitative estimate of drug-likeness (QED) is 0.477. The molecule has 0 fully saturated rings. The maximum atomic E-state index is 11.5. The fourth-order valence-electron chi connectivity index (χ4n) is 3.37. The summed E-state index contributed by atoms with van der Waals surface area (Å²) in [5.74, 6) is -0.137. The van der Waals surface area contributed by atoms with E-state index in [0.29, 0.717) is 0 Å². The van der Waals surface area contributed by atoms with Crippen molar-refractivity contribution in [2.45, 2.75) is 32.1 Å². The van der Waals surface area contributed by atoms with Crippen LogP contribution in [0.1, 0.15) is 37.8 Å². The molecule has 6 heteroatoms. The van der Waals surface area contributed by atoms with Gasteiger partial charge in [-0.1, -0.05) is 70.0 Å². The summed E-state index contributed by atoms with van der Waals surface area (Å²) in [5, 5.41) is 6.25. The number of carbonyl (C=O) groups excluding carboxylic acids is 2. The van der Waals surface area contributed by atoms with Crippen molar-refractivity contribution in [2.24, 2.45) is 0 Å². The van der Waals surface area contributed by atoms with Crippen molar-refractivity contribution in [2.75, 3.05) is 21.3 Å². The van der Waals surface area contributed by atoms with Gasteiger partial charge < -0.3 is 10.6 Å². The van der Waals surface area contributed by atoms with Gasteiger partial charge in [-0.25, -0.2) is 0 Å². The summed E-state index contributed by atoms with van der Waals surface area (Å²) in [6, 6.07) is 16.1. The summed E-state index contributed by atoms with van der Waals surface area (Å²) in [5.41, 5.74) is 3.88. The van der Waals surface area contributed by atoms with Gasteiger partial charge in [0.2, 0.25) is 11.8 Å². The molecule has 0 radical (unpaired) electrons. The summed E-state index contributed by atoms with van der Waals surface area (Å²) in [6.07, 6.45) is 1.90. The van der Waals surface area contributed by atoms with Crippen LogP contribution in [0.25, 0.3) is 0 Å². The second-order valence-electron chi connectivity index (χ2n) is 6.31. The van der Waals surface area contributed by atoms with Crippen molar-refractivity contribution in [3.63, 3.8) is 0 Å². The molecular formula is C21H24Br2N2O2. The van der Waals surface area contributed by atoms with E-state index < -0.39 is 0 Å². The lowest BCUT2D eigenvalue weighted by atomic mass is 9.70. The second-order valence-corrected chi connectivity index (χ2v) is 7.43. The molecule has 2 N–H and O–H groups in total. The predicted molar refractivity (Wildman–Crippen MR) is 119 cm³/mol. The Kier molecular flexibility index (Phi) is 8.05. The number of carbonyl (C=O) groups is 2. The Hall–Kier alpha value is -1.66. The van der Waals surface area contributed by atoms with Gasteiger partial charge in [0.15, 0.2) is 0 Å². The lowest BCUT2D eigenvalue weighted by Crippen LogP contribution is -2.26. The van der Waals surface area contributed by atoms with Gasteiger partial charge in [-0.3, -0.25) is 9.59 Å². The van der Waals surface area contributed by atoms with Crippen LogP contribution in [0, 0.1) is 0 Å². The Bertz CT molecular complexity index is 706. The fourth-order valence-corrected chi connectivity index (χ4v) is 3.65. The number of alkyl halides is 2. The zero-order valence-electron chi connectivity index (χ0n) is 15.5. The minimum atomic E-state index is -0.115. The fraction of sp³-hybridized carbons (Fsp3) is 0.333. The summed E-state index contributed by atoms with van der Waals surface area (Å²) >= 11 is 6.31. The third kappa shape index (κ3) is 5.20. The highest BCUT2D eigenvalue weighted by atomic mass is 79.9. The molecule has 27 heavy (non-hydrogen) atoms. The van der Waals surface area contributed by atoms with Gasteiger partial charge in [0.25, 0.3) is 0 Å². The van der Waals surface area contributed by atoms with Crippen LogP contribution in [0.5, 0.6) is 0 Å². The monoisotopic (exact) mass is 494 g/mol. The van der Waals surface area contributed by atoms with E-state index in [1.54, 1.807) is 0 Å². The minimum Gasteiger partial charge on any atom is -0.325 e. The van der Waals surface area contributed by atoms with Gasteiger partial charge in [0, 0.05) is 16.8 Å². The van der Waals surface area contributed by atoms with E-state index in [2.05, 4.69) is 80.6 Å². The van der Waals surface area contributed by atoms with Crippen LogP contribution in [-0.2, 0) is 15.0 Å². The molecule has 0 aliphatic carbocycles. The molecule has 0 saturated heterocycles. The van der Waals surface area contributed by atoms with E-state index in [-0.39, 0.29) is 27.9 Å². The first-order valence-corrected chi connectivity index (χ1v) is 11.2. The zero-order chi connectivity index (χ0) is 19.9. The van der Waals surface area contributed by atoms with E-state index in [1.807, 2.05) is 24.3 Å². The van der Waals surface area contributed by atoms with Crippen molar-refractivity contribution in [3.8, 4) is 0 Å². The Morgan fingerprint density at radius 3 is 1.33 bits per heavy atom. The average Bonchev–Trinajstić information content (AvgIpc) is 2.71. The van der Waals surface area contributed by atoms with Gasteiger partial charge in [0.1, 0.15) is 0 Å². The third-order valence-electron chi connectivity index (χ3n) is 4.89. The van der Waals surface area contributed by atoms with Gasteiger partial charge in [-0.05, 0) is 48.2 Å². The predicted octanol–water partition coefficient (Wildman–Crippen LogP) is 5.46. The van der Waals surface area contributed by atoms with Crippen LogP contribution in [0.2, 0.25) is 0 Å². The number of nitrogens with one attached hydrogen (secondary N) is 2. The largest absolute Gasteiger partial charge is 0.325 e. The van der Waals surface area contributed by atoms with Crippen LogP contribution in [0.4, 0.5) is 11.4 Å². The molecule has 0 spiro atoms. The molecule has 0 saturated carbocycles. The normalized spacial score (nSPS) is 11.1. The number of halogens is 2. The standard InChI is InChI=1S/C21H24Br2N2O2/c1-3-21(4-2,15-5-9-17(10-6-15)24-19(26)13-22)16-7-11-18(12-8-16)25-20(27)14-23/h5-12H,3-4,13-14H2,1-2H3,(H,24,26)(H,25,27). The van der Waals surface area contributed by atoms with Crippen molar-refractivity contribution in [1.29, 1.82) is 0 Å². The Morgan fingerprint density at radius 2 is 1.07 bits per heavy atom. The molecule has 0 aliphatic heterocycles. The van der Waals surface area contributed by atoms with Crippen molar-refractivity contribution >= 4 is 55.0 Å². The average molecular weight is 496 g/mol. The molecular weight excluding hydrogens is 472 g/mol. The van der Waals surface area contributed by atoms with Gasteiger partial charge in [-0.2, -0.15) is 0 Å². The van der Waals surface area contributed by atoms with E-state index in [4.69, 9.17) is 0 Å². The lowest BCUT2D eigenvalue weighted by Gasteiger charge is -2.33. The van der Waals surface area contributed by atoms with Gasteiger partial charge in [-0.15, -0.1) is 0 Å². The van der Waals surface area contributed by atoms with E-state index in [0.717, 1.165) is 24.2 Å². The molecule has 2 aromatic rings. The highest BCUT2D eigenvalue weighted by Crippen LogP contribution is 2.39. The first kappa shape index (κ1) is 21.6. The van der Waals surface area contributed by atoms with Crippen molar-refractivity contribution in [1.82, 2.24) is 0 Å². The zero-order valence-corrected chi connectivity index (χ0v) is 18.7. The molecule has 0 heterocycles. The van der Waals surface area contributed by atoms with Gasteiger partial charge in [0.05, 0.1) is 10.7 Å². The van der Waals surface area contributed by atoms with Crippen LogP contribution in [0.3, 0.4) is 0 Å². The second kappa shape index (κ2) is 10.0. The van der Waals surface area contributed by atoms with Gasteiger partial charge >= 0.3 is 0 Å². The number of hydrogen-bond donors (Lipinski definition) is 2. The minimum absolute atomic E-state index is 0.0684. The Morgan fingerprint density at radius 1 is 0.741 bits per heavy atom. The van der Waals surface area contributed by atoms with Crippen molar-refractivity contribution < 1.29 is 9.59 Å². The number of anilines is 2. The molecule has 2 amide bonds. The topological polar surface area (TPSA) is 58.2 Å². The van der Waals surface area contributed by atoms with Crippen molar-refractivity contribution in [3.05, 3.63) is 59.7 Å². The Labute approximate surface area is 177 Å². The summed E-state index contributed by atoms with van der Waals surface area (Å²) < 4.78 is 0. The van der Waals surface area contributed by atoms with E-state index >= 15 is 0 Å². The molecule has 0 aromatic heterocycles. The van der Waals surface area contributed by atoms with Crippen LogP contribution >= 0.6 is 31.9 Å².